The first-order valence-corrected chi connectivity index (χ1v) is 10.1. The summed E-state index contributed by atoms with van der Waals surface area (Å²) in [7, 11) is 0. The van der Waals surface area contributed by atoms with Gasteiger partial charge < -0.3 is 0 Å². The van der Waals surface area contributed by atoms with Crippen molar-refractivity contribution in [2.75, 3.05) is 0 Å². The van der Waals surface area contributed by atoms with E-state index in [2.05, 4.69) is 61.9 Å². The minimum Gasteiger partial charge on any atom is -0.234 e. The molecule has 0 aliphatic carbocycles. The van der Waals surface area contributed by atoms with Crippen molar-refractivity contribution in [3.05, 3.63) is 68.9 Å². The van der Waals surface area contributed by atoms with Gasteiger partial charge >= 0.3 is 0 Å². The third-order valence-corrected chi connectivity index (χ3v) is 5.80. The van der Waals surface area contributed by atoms with Gasteiger partial charge in [-0.25, -0.2) is 14.8 Å². The lowest BCUT2D eigenvalue weighted by Gasteiger charge is -2.07. The molecule has 0 radical (unpaired) electrons. The van der Waals surface area contributed by atoms with Crippen molar-refractivity contribution in [2.24, 2.45) is 0 Å². The van der Waals surface area contributed by atoms with Crippen LogP contribution in [-0.2, 0) is 12.2 Å². The first-order valence-electron chi connectivity index (χ1n) is 7.40. The molecule has 3 rings (SSSR count). The summed E-state index contributed by atoms with van der Waals surface area (Å²) < 4.78 is 0.556. The Morgan fingerprint density at radius 3 is 2.75 bits per heavy atom. The van der Waals surface area contributed by atoms with Crippen LogP contribution >= 0.6 is 39.0 Å². The molecule has 0 unspecified atom stereocenters. The van der Waals surface area contributed by atoms with E-state index >= 15 is 0 Å². The number of hydrogen-bond donors (Lipinski definition) is 0. The second kappa shape index (κ2) is 7.93. The fraction of sp³-hybridized carbons (Fsp3) is 0.167. The van der Waals surface area contributed by atoms with Crippen LogP contribution in [0.3, 0.4) is 0 Å². The second-order valence-electron chi connectivity index (χ2n) is 5.05. The predicted molar refractivity (Wildman–Crippen MR) is 105 cm³/mol. The van der Waals surface area contributed by atoms with E-state index in [4.69, 9.17) is 6.57 Å². The van der Waals surface area contributed by atoms with E-state index in [1.807, 2.05) is 17.5 Å². The van der Waals surface area contributed by atoms with Gasteiger partial charge in [0.05, 0.1) is 12.3 Å². The minimum atomic E-state index is 0.467. The van der Waals surface area contributed by atoms with Crippen molar-refractivity contribution >= 4 is 44.7 Å². The molecule has 0 spiro atoms. The van der Waals surface area contributed by atoms with Crippen LogP contribution in [-0.4, -0.2) is 9.97 Å². The van der Waals surface area contributed by atoms with E-state index in [1.54, 1.807) is 23.1 Å². The minimum absolute atomic E-state index is 0.467. The highest BCUT2D eigenvalue weighted by Crippen LogP contribution is 2.38. The molecular weight excluding hydrogens is 402 g/mol. The molecule has 1 aromatic carbocycles. The van der Waals surface area contributed by atoms with Crippen LogP contribution in [0.1, 0.15) is 18.1 Å². The maximum atomic E-state index is 7.39. The number of aromatic nitrogens is 2. The highest BCUT2D eigenvalue weighted by molar-refractivity contribution is 9.10. The van der Waals surface area contributed by atoms with Crippen molar-refractivity contribution in [2.45, 2.75) is 24.3 Å². The Bertz CT molecular complexity index is 886. The maximum absolute atomic E-state index is 7.39. The Balaban J connectivity index is 1.87. The van der Waals surface area contributed by atoms with Gasteiger partial charge in [0.2, 0.25) is 5.69 Å². The second-order valence-corrected chi connectivity index (χ2v) is 7.69. The monoisotopic (exact) mass is 415 g/mol. The van der Waals surface area contributed by atoms with Crippen LogP contribution < -0.4 is 0 Å². The molecule has 0 fully saturated rings. The molecule has 2 aromatic heterocycles. The van der Waals surface area contributed by atoms with Crippen molar-refractivity contribution < 1.29 is 0 Å². The number of benzene rings is 1. The van der Waals surface area contributed by atoms with E-state index in [-0.39, 0.29) is 0 Å². The lowest BCUT2D eigenvalue weighted by Crippen LogP contribution is -1.93. The molecule has 0 bridgehead atoms. The molecule has 24 heavy (non-hydrogen) atoms. The Morgan fingerprint density at radius 2 is 2.04 bits per heavy atom. The van der Waals surface area contributed by atoms with E-state index in [1.165, 1.54) is 11.1 Å². The van der Waals surface area contributed by atoms with Gasteiger partial charge in [-0.05, 0) is 44.9 Å². The third kappa shape index (κ3) is 3.86. The number of halogens is 1. The number of thioether (sulfide) groups is 1. The highest BCUT2D eigenvalue weighted by atomic mass is 79.9. The van der Waals surface area contributed by atoms with Crippen LogP contribution in [0.15, 0.2) is 51.5 Å². The average molecular weight is 416 g/mol. The van der Waals surface area contributed by atoms with Gasteiger partial charge in [-0.2, -0.15) is 0 Å². The SMILES string of the molecule is [C-]#[N+]c1c(Br)nc(SCc2cccc(CC)c2)nc1-c1cccs1. The zero-order valence-electron chi connectivity index (χ0n) is 13.0. The smallest absolute Gasteiger partial charge is 0.234 e. The zero-order valence-corrected chi connectivity index (χ0v) is 16.2. The molecule has 2 heterocycles. The summed E-state index contributed by atoms with van der Waals surface area (Å²) in [6.45, 7) is 9.55. The number of hydrogen-bond acceptors (Lipinski definition) is 4. The van der Waals surface area contributed by atoms with E-state index in [0.29, 0.717) is 21.1 Å². The van der Waals surface area contributed by atoms with Gasteiger partial charge in [0.25, 0.3) is 0 Å². The Kier molecular flexibility index (Phi) is 5.67. The number of nitrogens with zero attached hydrogens (tertiary/aromatic N) is 3. The topological polar surface area (TPSA) is 30.1 Å². The largest absolute Gasteiger partial charge is 0.245 e. The lowest BCUT2D eigenvalue weighted by molar-refractivity contribution is 0.962. The fourth-order valence-corrected chi connectivity index (χ4v) is 4.31. The molecule has 0 saturated heterocycles. The third-order valence-electron chi connectivity index (χ3n) is 3.45. The average Bonchev–Trinajstić information content (AvgIpc) is 3.14. The standard InChI is InChI=1S/C18H14BrN3S2/c1-3-12-6-4-7-13(10-12)11-24-18-21-15(14-8-5-9-23-14)16(20-2)17(19)22-18/h4-10H,3,11H2,1H3. The summed E-state index contributed by atoms with van der Waals surface area (Å²) in [5.74, 6) is 0.807. The molecular formula is C18H14BrN3S2. The summed E-state index contributed by atoms with van der Waals surface area (Å²) >= 11 is 6.58. The molecule has 6 heteroatoms. The van der Waals surface area contributed by atoms with Crippen LogP contribution in [0.2, 0.25) is 0 Å². The normalized spacial score (nSPS) is 10.5. The van der Waals surface area contributed by atoms with Gasteiger partial charge in [-0.15, -0.1) is 11.3 Å². The molecule has 0 saturated carbocycles. The Hall–Kier alpha value is -1.68. The van der Waals surface area contributed by atoms with Crippen LogP contribution in [0, 0.1) is 6.57 Å². The van der Waals surface area contributed by atoms with Gasteiger partial charge in [-0.3, -0.25) is 0 Å². The molecule has 3 nitrogen and oxygen atoms in total. The first-order chi connectivity index (χ1) is 11.7. The quantitative estimate of drug-likeness (QED) is 0.209. The molecule has 0 N–H and O–H groups in total. The molecule has 0 atom stereocenters. The maximum Gasteiger partial charge on any atom is 0.245 e. The van der Waals surface area contributed by atoms with Gasteiger partial charge in [0, 0.05) is 10.6 Å². The number of aryl methyl sites for hydroxylation is 1. The molecule has 0 amide bonds. The van der Waals surface area contributed by atoms with Crippen LogP contribution in [0.25, 0.3) is 15.4 Å². The number of rotatable bonds is 5. The Labute approximate surface area is 158 Å². The molecule has 120 valence electrons. The summed E-state index contributed by atoms with van der Waals surface area (Å²) in [6, 6.07) is 12.5. The summed E-state index contributed by atoms with van der Waals surface area (Å²) in [5.41, 5.74) is 3.75. The van der Waals surface area contributed by atoms with Gasteiger partial charge in [0.1, 0.15) is 4.60 Å². The lowest BCUT2D eigenvalue weighted by atomic mass is 10.1. The predicted octanol–water partition coefficient (Wildman–Crippen LogP) is 6.37. The van der Waals surface area contributed by atoms with E-state index in [0.717, 1.165) is 17.1 Å². The fourth-order valence-electron chi connectivity index (χ4n) is 2.24. The number of thiophene rings is 1. The van der Waals surface area contributed by atoms with E-state index in [9.17, 15) is 0 Å². The summed E-state index contributed by atoms with van der Waals surface area (Å²) in [4.78, 5) is 13.6. The van der Waals surface area contributed by atoms with Gasteiger partial charge in [0.15, 0.2) is 5.16 Å². The zero-order chi connectivity index (χ0) is 16.9. The van der Waals surface area contributed by atoms with Crippen molar-refractivity contribution in [1.82, 2.24) is 9.97 Å². The van der Waals surface area contributed by atoms with Crippen molar-refractivity contribution in [3.8, 4) is 10.6 Å². The van der Waals surface area contributed by atoms with E-state index < -0.39 is 0 Å². The molecule has 0 aliphatic heterocycles. The van der Waals surface area contributed by atoms with Crippen molar-refractivity contribution in [1.29, 1.82) is 0 Å². The van der Waals surface area contributed by atoms with Crippen LogP contribution in [0.5, 0.6) is 0 Å². The molecule has 3 aromatic rings. The Morgan fingerprint density at radius 1 is 1.21 bits per heavy atom. The molecule has 0 aliphatic rings. The van der Waals surface area contributed by atoms with Gasteiger partial charge in [-0.1, -0.05) is 49.0 Å². The highest BCUT2D eigenvalue weighted by Gasteiger charge is 2.15. The van der Waals surface area contributed by atoms with Crippen LogP contribution in [0.4, 0.5) is 5.69 Å². The summed E-state index contributed by atoms with van der Waals surface area (Å²) in [5, 5.41) is 2.67. The van der Waals surface area contributed by atoms with Crippen molar-refractivity contribution in [3.63, 3.8) is 0 Å². The first kappa shape index (κ1) is 17.2. The summed E-state index contributed by atoms with van der Waals surface area (Å²) in [6.07, 6.45) is 1.03.